The van der Waals surface area contributed by atoms with Crippen LogP contribution in [-0.2, 0) is 14.3 Å². The van der Waals surface area contributed by atoms with Crippen LogP contribution in [0.25, 0.3) is 0 Å². The van der Waals surface area contributed by atoms with Gasteiger partial charge < -0.3 is 14.9 Å². The summed E-state index contributed by atoms with van der Waals surface area (Å²) in [4.78, 5) is 24.7. The van der Waals surface area contributed by atoms with Crippen LogP contribution >= 0.6 is 0 Å². The number of esters is 1. The second-order valence-corrected chi connectivity index (χ2v) is 6.76. The minimum absolute atomic E-state index is 0.0667. The molecule has 0 heterocycles. The molecule has 1 atom stereocenters. The standard InChI is InChI=1S/C17H30O5/c1-13(2)9-10-17(15(19)20,14-7-4-3-5-8-14)16(21)22-12-6-11-18/h13-14,18H,3-12H2,1-2H3,(H,19,20). The fourth-order valence-electron chi connectivity index (χ4n) is 3.31. The monoisotopic (exact) mass is 314 g/mol. The molecule has 0 aliphatic heterocycles. The van der Waals surface area contributed by atoms with Crippen molar-refractivity contribution in [2.24, 2.45) is 17.3 Å². The zero-order chi connectivity index (χ0) is 16.6. The minimum atomic E-state index is -1.42. The van der Waals surface area contributed by atoms with Crippen LogP contribution in [0, 0.1) is 17.3 Å². The summed E-state index contributed by atoms with van der Waals surface area (Å²) in [5.74, 6) is -1.46. The molecule has 2 N–H and O–H groups in total. The molecular formula is C17H30O5. The second kappa shape index (κ2) is 9.13. The Kier molecular flexibility index (Phi) is 7.87. The number of carboxylic acid groups (broad SMARTS) is 1. The number of aliphatic hydroxyl groups excluding tert-OH is 1. The van der Waals surface area contributed by atoms with Crippen molar-refractivity contribution in [2.45, 2.75) is 65.2 Å². The average Bonchev–Trinajstić information content (AvgIpc) is 2.48. The summed E-state index contributed by atoms with van der Waals surface area (Å²) < 4.78 is 5.22. The molecule has 22 heavy (non-hydrogen) atoms. The Morgan fingerprint density at radius 3 is 2.36 bits per heavy atom. The maximum atomic E-state index is 12.6. The van der Waals surface area contributed by atoms with Gasteiger partial charge in [-0.1, -0.05) is 33.1 Å². The van der Waals surface area contributed by atoms with Gasteiger partial charge in [0.1, 0.15) is 0 Å². The third kappa shape index (κ3) is 4.70. The number of aliphatic carboxylic acids is 1. The van der Waals surface area contributed by atoms with Crippen molar-refractivity contribution >= 4 is 11.9 Å². The van der Waals surface area contributed by atoms with Gasteiger partial charge in [0.25, 0.3) is 0 Å². The fraction of sp³-hybridized carbons (Fsp3) is 0.882. The highest BCUT2D eigenvalue weighted by atomic mass is 16.5. The Hall–Kier alpha value is -1.10. The van der Waals surface area contributed by atoms with E-state index < -0.39 is 17.4 Å². The summed E-state index contributed by atoms with van der Waals surface area (Å²) in [5, 5.41) is 18.7. The molecule has 1 fully saturated rings. The van der Waals surface area contributed by atoms with Crippen LogP contribution < -0.4 is 0 Å². The number of carboxylic acids is 1. The molecule has 1 aliphatic carbocycles. The molecule has 0 aromatic rings. The smallest absolute Gasteiger partial charge is 0.323 e. The van der Waals surface area contributed by atoms with Crippen LogP contribution in [0.5, 0.6) is 0 Å². The first-order chi connectivity index (χ1) is 10.4. The zero-order valence-corrected chi connectivity index (χ0v) is 13.8. The molecule has 1 rings (SSSR count). The SMILES string of the molecule is CC(C)CCC(C(=O)O)(C(=O)OCCCO)C1CCCCC1. The number of hydrogen-bond donors (Lipinski definition) is 2. The Balaban J connectivity index is 2.96. The number of aliphatic hydroxyl groups is 1. The highest BCUT2D eigenvalue weighted by molar-refractivity contribution is 5.99. The van der Waals surface area contributed by atoms with E-state index in [1.54, 1.807) is 0 Å². The number of hydrogen-bond acceptors (Lipinski definition) is 4. The Labute approximate surface area is 133 Å². The highest BCUT2D eigenvalue weighted by Crippen LogP contribution is 2.44. The van der Waals surface area contributed by atoms with E-state index in [0.29, 0.717) is 25.2 Å². The van der Waals surface area contributed by atoms with E-state index in [1.165, 1.54) is 0 Å². The lowest BCUT2D eigenvalue weighted by Gasteiger charge is -2.37. The fourth-order valence-corrected chi connectivity index (χ4v) is 3.31. The molecule has 1 unspecified atom stereocenters. The third-order valence-corrected chi connectivity index (χ3v) is 4.70. The van der Waals surface area contributed by atoms with E-state index in [4.69, 9.17) is 9.84 Å². The van der Waals surface area contributed by atoms with Crippen molar-refractivity contribution in [3.8, 4) is 0 Å². The van der Waals surface area contributed by atoms with Gasteiger partial charge in [0, 0.05) is 13.0 Å². The van der Waals surface area contributed by atoms with Gasteiger partial charge in [-0.3, -0.25) is 9.59 Å². The summed E-state index contributed by atoms with van der Waals surface area (Å²) in [6, 6.07) is 0. The van der Waals surface area contributed by atoms with E-state index >= 15 is 0 Å². The Morgan fingerprint density at radius 1 is 1.23 bits per heavy atom. The molecule has 0 spiro atoms. The number of ether oxygens (including phenoxy) is 1. The van der Waals surface area contributed by atoms with Crippen LogP contribution in [0.15, 0.2) is 0 Å². The lowest BCUT2D eigenvalue weighted by atomic mass is 9.65. The van der Waals surface area contributed by atoms with Gasteiger partial charge in [0.05, 0.1) is 6.61 Å². The summed E-state index contributed by atoms with van der Waals surface area (Å²) in [5.41, 5.74) is -1.42. The molecule has 0 amide bonds. The minimum Gasteiger partial charge on any atom is -0.480 e. The zero-order valence-electron chi connectivity index (χ0n) is 13.8. The first kappa shape index (κ1) is 18.9. The average molecular weight is 314 g/mol. The maximum Gasteiger partial charge on any atom is 0.323 e. The van der Waals surface area contributed by atoms with Crippen LogP contribution in [0.1, 0.15) is 65.2 Å². The predicted octanol–water partition coefficient (Wildman–Crippen LogP) is 3.00. The van der Waals surface area contributed by atoms with Gasteiger partial charge in [-0.05, 0) is 37.5 Å². The Bertz CT molecular complexity index is 360. The van der Waals surface area contributed by atoms with Crippen LogP contribution in [0.2, 0.25) is 0 Å². The van der Waals surface area contributed by atoms with Gasteiger partial charge in [-0.25, -0.2) is 0 Å². The lowest BCUT2D eigenvalue weighted by Crippen LogP contribution is -2.48. The first-order valence-electron chi connectivity index (χ1n) is 8.46. The van der Waals surface area contributed by atoms with E-state index in [9.17, 15) is 14.7 Å². The van der Waals surface area contributed by atoms with Crippen LogP contribution in [0.4, 0.5) is 0 Å². The lowest BCUT2D eigenvalue weighted by molar-refractivity contribution is -0.176. The third-order valence-electron chi connectivity index (χ3n) is 4.70. The van der Waals surface area contributed by atoms with Crippen LogP contribution in [0.3, 0.4) is 0 Å². The quantitative estimate of drug-likeness (QED) is 0.388. The van der Waals surface area contributed by atoms with Crippen molar-refractivity contribution in [1.82, 2.24) is 0 Å². The molecule has 0 radical (unpaired) electrons. The molecule has 1 saturated carbocycles. The van der Waals surface area contributed by atoms with Gasteiger partial charge in [0.2, 0.25) is 0 Å². The van der Waals surface area contributed by atoms with Crippen molar-refractivity contribution in [2.75, 3.05) is 13.2 Å². The molecule has 128 valence electrons. The first-order valence-corrected chi connectivity index (χ1v) is 8.46. The number of carbonyl (C=O) groups excluding carboxylic acids is 1. The molecule has 1 aliphatic rings. The molecule has 0 saturated heterocycles. The van der Waals surface area contributed by atoms with Crippen molar-refractivity contribution in [1.29, 1.82) is 0 Å². The maximum absolute atomic E-state index is 12.6. The molecule has 5 nitrogen and oxygen atoms in total. The second-order valence-electron chi connectivity index (χ2n) is 6.76. The topological polar surface area (TPSA) is 83.8 Å². The van der Waals surface area contributed by atoms with E-state index in [2.05, 4.69) is 0 Å². The summed E-state index contributed by atoms with van der Waals surface area (Å²) in [6.07, 6.45) is 5.99. The predicted molar refractivity (Wildman–Crippen MR) is 83.4 cm³/mol. The summed E-state index contributed by atoms with van der Waals surface area (Å²) in [6.45, 7) is 4.08. The number of carbonyl (C=O) groups is 2. The van der Waals surface area contributed by atoms with Crippen molar-refractivity contribution in [3.05, 3.63) is 0 Å². The van der Waals surface area contributed by atoms with Crippen molar-refractivity contribution in [3.63, 3.8) is 0 Å². The summed E-state index contributed by atoms with van der Waals surface area (Å²) >= 11 is 0. The normalized spacial score (nSPS) is 18.9. The van der Waals surface area contributed by atoms with E-state index in [1.807, 2.05) is 13.8 Å². The van der Waals surface area contributed by atoms with E-state index in [-0.39, 0.29) is 19.1 Å². The molecule has 0 bridgehead atoms. The Morgan fingerprint density at radius 2 is 1.86 bits per heavy atom. The summed E-state index contributed by atoms with van der Waals surface area (Å²) in [7, 11) is 0. The van der Waals surface area contributed by atoms with Gasteiger partial charge in [-0.15, -0.1) is 0 Å². The van der Waals surface area contributed by atoms with E-state index in [0.717, 1.165) is 32.1 Å². The van der Waals surface area contributed by atoms with Gasteiger partial charge >= 0.3 is 11.9 Å². The highest BCUT2D eigenvalue weighted by Gasteiger charge is 2.53. The largest absolute Gasteiger partial charge is 0.480 e. The number of rotatable bonds is 9. The molecule has 5 heteroatoms. The van der Waals surface area contributed by atoms with Crippen LogP contribution in [-0.4, -0.2) is 35.4 Å². The van der Waals surface area contributed by atoms with Gasteiger partial charge in [-0.2, -0.15) is 0 Å². The van der Waals surface area contributed by atoms with Crippen molar-refractivity contribution < 1.29 is 24.5 Å². The molecular weight excluding hydrogens is 284 g/mol. The molecule has 0 aromatic heterocycles. The van der Waals surface area contributed by atoms with Gasteiger partial charge in [0.15, 0.2) is 5.41 Å². The molecule has 0 aromatic carbocycles.